The summed E-state index contributed by atoms with van der Waals surface area (Å²) >= 11 is 0. The van der Waals surface area contributed by atoms with E-state index in [-0.39, 0.29) is 5.97 Å². The van der Waals surface area contributed by atoms with Crippen LogP contribution in [0.25, 0.3) is 0 Å². The summed E-state index contributed by atoms with van der Waals surface area (Å²) in [6, 6.07) is -0.448. The van der Waals surface area contributed by atoms with E-state index in [1.165, 1.54) is 12.5 Å². The van der Waals surface area contributed by atoms with Crippen LogP contribution in [-0.4, -0.2) is 28.4 Å². The molecular formula is C9H12N2O3. The van der Waals surface area contributed by atoms with Gasteiger partial charge in [-0.25, -0.2) is 9.78 Å². The summed E-state index contributed by atoms with van der Waals surface area (Å²) in [5.74, 6) is -0.331. The highest BCUT2D eigenvalue weighted by Crippen LogP contribution is 2.08. The normalized spacial score (nSPS) is 12.1. The molecule has 0 aliphatic rings. The van der Waals surface area contributed by atoms with E-state index in [0.717, 1.165) is 0 Å². The topological polar surface area (TPSA) is 61.2 Å². The van der Waals surface area contributed by atoms with Crippen molar-refractivity contribution in [2.24, 2.45) is 0 Å². The van der Waals surface area contributed by atoms with Gasteiger partial charge < -0.3 is 9.30 Å². The number of carbonyl (C=O) groups is 2. The maximum Gasteiger partial charge on any atom is 0.328 e. The van der Waals surface area contributed by atoms with Crippen LogP contribution >= 0.6 is 0 Å². The van der Waals surface area contributed by atoms with Crippen LogP contribution in [0.1, 0.15) is 30.4 Å². The first-order chi connectivity index (χ1) is 6.69. The Kier molecular flexibility index (Phi) is 3.39. The summed E-state index contributed by atoms with van der Waals surface area (Å²) in [4.78, 5) is 25.4. The van der Waals surface area contributed by atoms with Gasteiger partial charge >= 0.3 is 5.97 Å². The van der Waals surface area contributed by atoms with Gasteiger partial charge in [0.05, 0.1) is 12.9 Å². The van der Waals surface area contributed by atoms with Crippen molar-refractivity contribution in [1.82, 2.24) is 9.55 Å². The smallest absolute Gasteiger partial charge is 0.328 e. The molecule has 1 aromatic rings. The lowest BCUT2D eigenvalue weighted by molar-refractivity contribution is -0.146. The van der Waals surface area contributed by atoms with E-state index in [9.17, 15) is 9.59 Å². The van der Waals surface area contributed by atoms with Crippen LogP contribution in [0.4, 0.5) is 0 Å². The van der Waals surface area contributed by atoms with E-state index < -0.39 is 6.04 Å². The highest BCUT2D eigenvalue weighted by Gasteiger charge is 2.15. The van der Waals surface area contributed by atoms with Crippen molar-refractivity contribution in [3.63, 3.8) is 0 Å². The Labute approximate surface area is 81.7 Å². The third-order valence-corrected chi connectivity index (χ3v) is 1.82. The highest BCUT2D eigenvalue weighted by atomic mass is 16.5. The first-order valence-electron chi connectivity index (χ1n) is 4.34. The van der Waals surface area contributed by atoms with Gasteiger partial charge in [-0.2, -0.15) is 0 Å². The van der Waals surface area contributed by atoms with E-state index in [1.54, 1.807) is 18.4 Å². The highest BCUT2D eigenvalue weighted by molar-refractivity contribution is 5.75. The maximum atomic E-state index is 11.3. The fraction of sp³-hybridized carbons (Fsp3) is 0.444. The lowest BCUT2D eigenvalue weighted by Gasteiger charge is -2.10. The molecule has 5 nitrogen and oxygen atoms in total. The Hall–Kier alpha value is -1.65. The van der Waals surface area contributed by atoms with Gasteiger partial charge in [0.2, 0.25) is 0 Å². The predicted molar refractivity (Wildman–Crippen MR) is 49.0 cm³/mol. The van der Waals surface area contributed by atoms with Gasteiger partial charge in [-0.15, -0.1) is 0 Å². The van der Waals surface area contributed by atoms with Gasteiger partial charge in [-0.3, -0.25) is 4.79 Å². The van der Waals surface area contributed by atoms with Crippen LogP contribution in [0.15, 0.2) is 12.5 Å². The second-order valence-corrected chi connectivity index (χ2v) is 2.79. The third-order valence-electron chi connectivity index (χ3n) is 1.82. The number of aromatic nitrogens is 2. The van der Waals surface area contributed by atoms with Crippen molar-refractivity contribution in [2.75, 3.05) is 6.61 Å². The molecule has 1 atom stereocenters. The molecule has 0 N–H and O–H groups in total. The fourth-order valence-corrected chi connectivity index (χ4v) is 1.01. The zero-order valence-corrected chi connectivity index (χ0v) is 8.14. The van der Waals surface area contributed by atoms with E-state index in [4.69, 9.17) is 4.74 Å². The van der Waals surface area contributed by atoms with E-state index in [1.807, 2.05) is 0 Å². The molecule has 1 rings (SSSR count). The molecular weight excluding hydrogens is 184 g/mol. The van der Waals surface area contributed by atoms with Crippen molar-refractivity contribution in [3.8, 4) is 0 Å². The molecule has 0 aliphatic heterocycles. The van der Waals surface area contributed by atoms with E-state index in [2.05, 4.69) is 4.98 Å². The number of ether oxygens (including phenoxy) is 1. The molecule has 5 heteroatoms. The molecule has 0 bridgehead atoms. The predicted octanol–water partition coefficient (Wildman–Crippen LogP) is 0.820. The molecule has 1 aromatic heterocycles. The van der Waals surface area contributed by atoms with Crippen LogP contribution in [0.2, 0.25) is 0 Å². The fourth-order valence-electron chi connectivity index (χ4n) is 1.01. The molecule has 0 aliphatic carbocycles. The van der Waals surface area contributed by atoms with Crippen molar-refractivity contribution in [3.05, 3.63) is 18.2 Å². The molecule has 14 heavy (non-hydrogen) atoms. The maximum absolute atomic E-state index is 11.3. The molecule has 0 saturated carbocycles. The first-order valence-corrected chi connectivity index (χ1v) is 4.34. The summed E-state index contributed by atoms with van der Waals surface area (Å²) in [5, 5.41) is 0. The van der Waals surface area contributed by atoms with Gasteiger partial charge in [0.15, 0.2) is 6.29 Å². The zero-order chi connectivity index (χ0) is 10.6. The van der Waals surface area contributed by atoms with Crippen LogP contribution in [-0.2, 0) is 9.53 Å². The lowest BCUT2D eigenvalue weighted by atomic mass is 10.3. The second kappa shape index (κ2) is 4.55. The monoisotopic (exact) mass is 196 g/mol. The third kappa shape index (κ3) is 2.18. The number of esters is 1. The largest absolute Gasteiger partial charge is 0.464 e. The molecule has 0 aromatic carbocycles. The summed E-state index contributed by atoms with van der Waals surface area (Å²) in [5.41, 5.74) is 0.307. The number of hydrogen-bond donors (Lipinski definition) is 0. The average Bonchev–Trinajstić information content (AvgIpc) is 2.65. The van der Waals surface area contributed by atoms with Crippen molar-refractivity contribution >= 4 is 12.3 Å². The summed E-state index contributed by atoms with van der Waals surface area (Å²) in [6.45, 7) is 3.78. The number of rotatable bonds is 4. The Morgan fingerprint density at radius 2 is 2.50 bits per heavy atom. The minimum atomic E-state index is -0.448. The quantitative estimate of drug-likeness (QED) is 0.528. The standard InChI is InChI=1S/C9H12N2O3/c1-3-14-9(13)7(2)11-4-8(5-12)10-6-11/h4-7H,3H2,1-2H3. The average molecular weight is 196 g/mol. The molecule has 0 amide bonds. The van der Waals surface area contributed by atoms with Crippen molar-refractivity contribution in [1.29, 1.82) is 0 Å². The summed E-state index contributed by atoms with van der Waals surface area (Å²) in [7, 11) is 0. The van der Waals surface area contributed by atoms with Crippen LogP contribution in [0, 0.1) is 0 Å². The Bertz CT molecular complexity index is 333. The number of imidazole rings is 1. The molecule has 0 radical (unpaired) electrons. The lowest BCUT2D eigenvalue weighted by Crippen LogP contribution is -2.17. The summed E-state index contributed by atoms with van der Waals surface area (Å²) in [6.07, 6.45) is 3.58. The van der Waals surface area contributed by atoms with E-state index >= 15 is 0 Å². The molecule has 1 unspecified atom stereocenters. The number of aldehydes is 1. The molecule has 0 saturated heterocycles. The van der Waals surface area contributed by atoms with Gasteiger partial charge in [0, 0.05) is 6.20 Å². The van der Waals surface area contributed by atoms with Crippen LogP contribution in [0.3, 0.4) is 0 Å². The molecule has 76 valence electrons. The number of hydrogen-bond acceptors (Lipinski definition) is 4. The van der Waals surface area contributed by atoms with Gasteiger partial charge in [0.25, 0.3) is 0 Å². The van der Waals surface area contributed by atoms with Gasteiger partial charge in [0.1, 0.15) is 11.7 Å². The van der Waals surface area contributed by atoms with E-state index in [0.29, 0.717) is 18.6 Å². The SMILES string of the molecule is CCOC(=O)C(C)n1cnc(C=O)c1. The zero-order valence-electron chi connectivity index (χ0n) is 8.14. The Morgan fingerprint density at radius 3 is 3.00 bits per heavy atom. The second-order valence-electron chi connectivity index (χ2n) is 2.79. The first kappa shape index (κ1) is 10.4. The number of nitrogens with zero attached hydrogens (tertiary/aromatic N) is 2. The molecule has 1 heterocycles. The molecule has 0 spiro atoms. The van der Waals surface area contributed by atoms with Crippen molar-refractivity contribution < 1.29 is 14.3 Å². The number of carbonyl (C=O) groups excluding carboxylic acids is 2. The van der Waals surface area contributed by atoms with Crippen LogP contribution < -0.4 is 0 Å². The summed E-state index contributed by atoms with van der Waals surface area (Å²) < 4.78 is 6.37. The minimum absolute atomic E-state index is 0.307. The van der Waals surface area contributed by atoms with Crippen LogP contribution in [0.5, 0.6) is 0 Å². The van der Waals surface area contributed by atoms with Gasteiger partial charge in [-0.1, -0.05) is 0 Å². The Balaban J connectivity index is 2.73. The molecule has 0 fully saturated rings. The minimum Gasteiger partial charge on any atom is -0.464 e. The van der Waals surface area contributed by atoms with Gasteiger partial charge in [-0.05, 0) is 13.8 Å². The van der Waals surface area contributed by atoms with Crippen molar-refractivity contribution in [2.45, 2.75) is 19.9 Å². The Morgan fingerprint density at radius 1 is 1.79 bits per heavy atom.